The molecule has 23 heavy (non-hydrogen) atoms. The zero-order valence-corrected chi connectivity index (χ0v) is 14.7. The van der Waals surface area contributed by atoms with Gasteiger partial charge in [0.2, 0.25) is 5.88 Å². The molecule has 0 saturated heterocycles. The number of rotatable bonds is 6. The first kappa shape index (κ1) is 17.3. The minimum absolute atomic E-state index is 0.107. The number of ether oxygens (including phenoxy) is 2. The van der Waals surface area contributed by atoms with Crippen LogP contribution in [0.25, 0.3) is 0 Å². The van der Waals surface area contributed by atoms with Crippen LogP contribution in [0.15, 0.2) is 36.7 Å². The second-order valence-electron chi connectivity index (χ2n) is 6.76. The zero-order valence-electron chi connectivity index (χ0n) is 14.7. The number of hydrogen-bond donors (Lipinski definition) is 0. The molecule has 0 N–H and O–H groups in total. The van der Waals surface area contributed by atoms with Crippen molar-refractivity contribution in [2.75, 3.05) is 13.7 Å². The highest BCUT2D eigenvalue weighted by Crippen LogP contribution is 2.26. The zero-order chi connectivity index (χ0) is 16.9. The van der Waals surface area contributed by atoms with E-state index in [4.69, 9.17) is 9.47 Å². The molecule has 2 heterocycles. The van der Waals surface area contributed by atoms with E-state index in [-0.39, 0.29) is 11.3 Å². The Labute approximate surface area is 138 Å². The van der Waals surface area contributed by atoms with Gasteiger partial charge in [0.05, 0.1) is 19.4 Å². The maximum Gasteiger partial charge on any atom is 0.213 e. The van der Waals surface area contributed by atoms with Crippen molar-refractivity contribution in [3.63, 3.8) is 0 Å². The third kappa shape index (κ3) is 4.68. The molecule has 1 atom stereocenters. The topological polar surface area (TPSA) is 44.2 Å². The molecule has 2 rings (SSSR count). The summed E-state index contributed by atoms with van der Waals surface area (Å²) in [4.78, 5) is 8.80. The third-order valence-electron chi connectivity index (χ3n) is 3.89. The van der Waals surface area contributed by atoms with Gasteiger partial charge in [-0.15, -0.1) is 0 Å². The predicted octanol–water partition coefficient (Wildman–Crippen LogP) is 4.36. The van der Waals surface area contributed by atoms with E-state index in [1.807, 2.05) is 24.4 Å². The average molecular weight is 314 g/mol. The highest BCUT2D eigenvalue weighted by atomic mass is 16.5. The maximum absolute atomic E-state index is 5.76. The van der Waals surface area contributed by atoms with Crippen LogP contribution < -0.4 is 9.47 Å². The van der Waals surface area contributed by atoms with Crippen molar-refractivity contribution in [2.45, 2.75) is 45.4 Å². The van der Waals surface area contributed by atoms with Gasteiger partial charge in [-0.1, -0.05) is 33.8 Å². The van der Waals surface area contributed by atoms with Crippen LogP contribution in [0.5, 0.6) is 11.6 Å². The minimum Gasteiger partial charge on any atom is -0.495 e. The molecular weight excluding hydrogens is 288 g/mol. The van der Waals surface area contributed by atoms with Crippen molar-refractivity contribution in [3.05, 3.63) is 47.9 Å². The molecule has 0 saturated carbocycles. The van der Waals surface area contributed by atoms with E-state index in [2.05, 4.69) is 43.7 Å². The Morgan fingerprint density at radius 1 is 1.13 bits per heavy atom. The van der Waals surface area contributed by atoms with Gasteiger partial charge in [-0.3, -0.25) is 4.98 Å². The molecule has 4 nitrogen and oxygen atoms in total. The largest absolute Gasteiger partial charge is 0.495 e. The highest BCUT2D eigenvalue weighted by Gasteiger charge is 2.15. The summed E-state index contributed by atoms with van der Waals surface area (Å²) in [6.45, 7) is 9.25. The molecule has 2 aromatic heterocycles. The molecule has 0 fully saturated rings. The van der Waals surface area contributed by atoms with Crippen LogP contribution >= 0.6 is 0 Å². The van der Waals surface area contributed by atoms with Gasteiger partial charge in [0.25, 0.3) is 0 Å². The Balaban J connectivity index is 1.89. The van der Waals surface area contributed by atoms with Crippen molar-refractivity contribution in [1.82, 2.24) is 9.97 Å². The van der Waals surface area contributed by atoms with Gasteiger partial charge in [-0.05, 0) is 29.5 Å². The first-order valence-corrected chi connectivity index (χ1v) is 8.00. The lowest BCUT2D eigenvalue weighted by molar-refractivity contribution is 0.287. The lowest BCUT2D eigenvalue weighted by atomic mass is 9.88. The predicted molar refractivity (Wildman–Crippen MR) is 92.3 cm³/mol. The van der Waals surface area contributed by atoms with Gasteiger partial charge >= 0.3 is 0 Å². The summed E-state index contributed by atoms with van der Waals surface area (Å²) >= 11 is 0. The normalized spacial score (nSPS) is 12.7. The van der Waals surface area contributed by atoms with Crippen molar-refractivity contribution in [1.29, 1.82) is 0 Å². The standard InChI is InChI=1S/C19H26N2O2/c1-14(18-16(22-5)7-6-11-20-18)10-12-23-17-9-8-15(13-21-17)19(2,3)4/h6-9,11,13-14H,10,12H2,1-5H3. The van der Waals surface area contributed by atoms with Crippen molar-refractivity contribution in [3.8, 4) is 11.6 Å². The molecule has 4 heteroatoms. The number of hydrogen-bond acceptors (Lipinski definition) is 4. The Hall–Kier alpha value is -2.10. The van der Waals surface area contributed by atoms with Crippen LogP contribution in [0.3, 0.4) is 0 Å². The highest BCUT2D eigenvalue weighted by molar-refractivity contribution is 5.29. The Kier molecular flexibility index (Phi) is 5.59. The SMILES string of the molecule is COc1cccnc1C(C)CCOc1ccc(C(C)(C)C)cn1. The van der Waals surface area contributed by atoms with E-state index in [9.17, 15) is 0 Å². The number of pyridine rings is 2. The summed E-state index contributed by atoms with van der Waals surface area (Å²) in [6.07, 6.45) is 4.54. The van der Waals surface area contributed by atoms with Gasteiger partial charge in [0.15, 0.2) is 0 Å². The van der Waals surface area contributed by atoms with Gasteiger partial charge < -0.3 is 9.47 Å². The molecule has 0 aliphatic carbocycles. The molecule has 124 valence electrons. The smallest absolute Gasteiger partial charge is 0.213 e. The first-order valence-electron chi connectivity index (χ1n) is 8.00. The lowest BCUT2D eigenvalue weighted by Gasteiger charge is -2.18. The van der Waals surface area contributed by atoms with E-state index < -0.39 is 0 Å². The van der Waals surface area contributed by atoms with E-state index in [0.29, 0.717) is 12.5 Å². The fraction of sp³-hybridized carbons (Fsp3) is 0.474. The molecule has 0 aliphatic heterocycles. The molecule has 0 radical (unpaired) electrons. The quantitative estimate of drug-likeness (QED) is 0.795. The second-order valence-corrected chi connectivity index (χ2v) is 6.76. The Morgan fingerprint density at radius 2 is 1.91 bits per heavy atom. The van der Waals surface area contributed by atoms with E-state index in [1.54, 1.807) is 13.3 Å². The molecule has 2 aromatic rings. The van der Waals surface area contributed by atoms with Crippen molar-refractivity contribution in [2.24, 2.45) is 0 Å². The molecule has 0 spiro atoms. The maximum atomic E-state index is 5.76. The summed E-state index contributed by atoms with van der Waals surface area (Å²) < 4.78 is 11.1. The Morgan fingerprint density at radius 3 is 2.52 bits per heavy atom. The van der Waals surface area contributed by atoms with Crippen LogP contribution in [-0.2, 0) is 5.41 Å². The fourth-order valence-electron chi connectivity index (χ4n) is 2.33. The van der Waals surface area contributed by atoms with Crippen LogP contribution in [0.2, 0.25) is 0 Å². The molecule has 0 aliphatic rings. The summed E-state index contributed by atoms with van der Waals surface area (Å²) in [5, 5.41) is 0. The van der Waals surface area contributed by atoms with Crippen molar-refractivity contribution >= 4 is 0 Å². The summed E-state index contributed by atoms with van der Waals surface area (Å²) in [6, 6.07) is 7.83. The number of aromatic nitrogens is 2. The molecule has 0 bridgehead atoms. The van der Waals surface area contributed by atoms with E-state index >= 15 is 0 Å². The van der Waals surface area contributed by atoms with E-state index in [1.165, 1.54) is 5.56 Å². The monoisotopic (exact) mass is 314 g/mol. The Bertz CT molecular complexity index is 618. The van der Waals surface area contributed by atoms with Crippen molar-refractivity contribution < 1.29 is 9.47 Å². The number of nitrogens with zero attached hydrogens (tertiary/aromatic N) is 2. The number of methoxy groups -OCH3 is 1. The van der Waals surface area contributed by atoms with Gasteiger partial charge in [0.1, 0.15) is 5.75 Å². The second kappa shape index (κ2) is 7.44. The molecule has 0 amide bonds. The van der Waals surface area contributed by atoms with Gasteiger partial charge in [0, 0.05) is 24.4 Å². The fourth-order valence-corrected chi connectivity index (χ4v) is 2.33. The molecule has 0 aromatic carbocycles. The van der Waals surface area contributed by atoms with Crippen LogP contribution in [0.4, 0.5) is 0 Å². The van der Waals surface area contributed by atoms with Crippen LogP contribution in [-0.4, -0.2) is 23.7 Å². The summed E-state index contributed by atoms with van der Waals surface area (Å²) in [7, 11) is 1.67. The summed E-state index contributed by atoms with van der Waals surface area (Å²) in [5.41, 5.74) is 2.28. The van der Waals surface area contributed by atoms with Crippen LogP contribution in [0, 0.1) is 0 Å². The summed E-state index contributed by atoms with van der Waals surface area (Å²) in [5.74, 6) is 1.76. The van der Waals surface area contributed by atoms with Gasteiger partial charge in [-0.2, -0.15) is 0 Å². The molecule has 1 unspecified atom stereocenters. The van der Waals surface area contributed by atoms with Gasteiger partial charge in [-0.25, -0.2) is 4.98 Å². The average Bonchev–Trinajstić information content (AvgIpc) is 2.54. The van der Waals surface area contributed by atoms with E-state index in [0.717, 1.165) is 17.9 Å². The third-order valence-corrected chi connectivity index (χ3v) is 3.89. The van der Waals surface area contributed by atoms with Crippen LogP contribution in [0.1, 0.15) is 51.3 Å². The lowest BCUT2D eigenvalue weighted by Crippen LogP contribution is -2.11. The minimum atomic E-state index is 0.107. The first-order chi connectivity index (χ1) is 10.9. The molecular formula is C19H26N2O2.